The first kappa shape index (κ1) is 27.2. The molecule has 30 heavy (non-hydrogen) atoms. The molecule has 0 spiro atoms. The number of hydrogen-bond acceptors (Lipinski definition) is 4. The zero-order valence-electron chi connectivity index (χ0n) is 17.1. The largest absolute Gasteiger partial charge is 0.490 e. The lowest BCUT2D eigenvalue weighted by Gasteiger charge is -2.17. The average Bonchev–Trinajstić information content (AvgIpc) is 2.72. The lowest BCUT2D eigenvalue weighted by atomic mass is 10.1. The first-order valence-electron chi connectivity index (χ1n) is 9.35. The van der Waals surface area contributed by atoms with Crippen molar-refractivity contribution in [2.24, 2.45) is 0 Å². The molecule has 0 aliphatic rings. The Morgan fingerprint density at radius 3 is 2.43 bits per heavy atom. The number of nitriles is 1. The van der Waals surface area contributed by atoms with Crippen LogP contribution in [0.5, 0.6) is 11.5 Å². The van der Waals surface area contributed by atoms with E-state index in [2.05, 4.69) is 37.2 Å². The number of benzene rings is 2. The molecule has 4 nitrogen and oxygen atoms in total. The second-order valence-corrected chi connectivity index (χ2v) is 7.25. The number of hydrogen-bond donors (Lipinski definition) is 0. The van der Waals surface area contributed by atoms with Crippen LogP contribution in [0.4, 0.5) is 4.39 Å². The maximum atomic E-state index is 14.2. The summed E-state index contributed by atoms with van der Waals surface area (Å²) in [7, 11) is 0. The van der Waals surface area contributed by atoms with Crippen molar-refractivity contribution in [3.8, 4) is 17.6 Å². The number of rotatable bonds is 10. The van der Waals surface area contributed by atoms with Crippen molar-refractivity contribution in [3.05, 3.63) is 58.6 Å². The average molecular weight is 660 g/mol. The van der Waals surface area contributed by atoms with Gasteiger partial charge in [-0.15, -0.1) is 0 Å². The number of nitrogens with zero attached hydrogens (tertiary/aromatic N) is 1. The molecule has 0 amide bonds. The van der Waals surface area contributed by atoms with Gasteiger partial charge in [0.05, 0.1) is 17.8 Å². The fraction of sp³-hybridized carbons (Fsp3) is 0.409. The van der Waals surface area contributed by atoms with E-state index in [-0.39, 0.29) is 31.0 Å². The summed E-state index contributed by atoms with van der Waals surface area (Å²) in [5.41, 5.74) is 1.34. The van der Waals surface area contributed by atoms with Crippen LogP contribution < -0.4 is 9.47 Å². The van der Waals surface area contributed by atoms with Crippen LogP contribution in [0.2, 0.25) is 5.02 Å². The molecule has 2 aromatic rings. The SMILES string of the molecule is CC(C)O[C@H](C)Cc1cccc(OC[C@H](F)COc2ccc(Cl)cc2C#N)c1.II. The minimum absolute atomic E-state index is 0.0891. The van der Waals surface area contributed by atoms with E-state index in [1.54, 1.807) is 18.2 Å². The molecule has 0 aromatic heterocycles. The molecule has 8 heteroatoms. The highest BCUT2D eigenvalue weighted by atomic mass is 128. The van der Waals surface area contributed by atoms with Crippen molar-refractivity contribution >= 4 is 48.8 Å². The lowest BCUT2D eigenvalue weighted by molar-refractivity contribution is 0.0194. The van der Waals surface area contributed by atoms with Crippen LogP contribution in [0, 0.1) is 11.3 Å². The summed E-state index contributed by atoms with van der Waals surface area (Å²) < 4.78 is 30.9. The molecule has 0 fully saturated rings. The lowest BCUT2D eigenvalue weighted by Crippen LogP contribution is -2.21. The van der Waals surface area contributed by atoms with E-state index < -0.39 is 6.17 Å². The first-order valence-corrected chi connectivity index (χ1v) is 16.0. The van der Waals surface area contributed by atoms with E-state index in [4.69, 9.17) is 31.1 Å². The number of halogens is 4. The highest BCUT2D eigenvalue weighted by molar-refractivity contribution is 15.0. The molecule has 0 radical (unpaired) electrons. The third kappa shape index (κ3) is 10.5. The predicted octanol–water partition coefficient (Wildman–Crippen LogP) is 7.13. The molecule has 0 saturated heterocycles. The highest BCUT2D eigenvalue weighted by Gasteiger charge is 2.12. The quantitative estimate of drug-likeness (QED) is 0.255. The molecule has 164 valence electrons. The maximum Gasteiger partial charge on any atom is 0.168 e. The van der Waals surface area contributed by atoms with Crippen molar-refractivity contribution in [2.75, 3.05) is 13.2 Å². The fourth-order valence-corrected chi connectivity index (χ4v) is 2.91. The molecule has 0 bridgehead atoms. The normalized spacial score (nSPS) is 12.4. The molecular weight excluding hydrogens is 635 g/mol. The zero-order valence-corrected chi connectivity index (χ0v) is 22.1. The van der Waals surface area contributed by atoms with Crippen LogP contribution >= 0.6 is 48.8 Å². The van der Waals surface area contributed by atoms with Gasteiger partial charge in [-0.25, -0.2) is 4.39 Å². The Morgan fingerprint density at radius 1 is 1.07 bits per heavy atom. The first-order chi connectivity index (χ1) is 14.4. The topological polar surface area (TPSA) is 51.5 Å². The molecule has 0 N–H and O–H groups in total. The monoisotopic (exact) mass is 659 g/mol. The summed E-state index contributed by atoms with van der Waals surface area (Å²) in [5, 5.41) is 9.51. The van der Waals surface area contributed by atoms with Crippen molar-refractivity contribution in [1.29, 1.82) is 5.26 Å². The van der Waals surface area contributed by atoms with Gasteiger partial charge in [0.25, 0.3) is 0 Å². The van der Waals surface area contributed by atoms with Crippen LogP contribution in [0.15, 0.2) is 42.5 Å². The predicted molar refractivity (Wildman–Crippen MR) is 136 cm³/mol. The van der Waals surface area contributed by atoms with Gasteiger partial charge in [0.2, 0.25) is 0 Å². The van der Waals surface area contributed by atoms with Gasteiger partial charge in [-0.05, 0) is 63.1 Å². The Morgan fingerprint density at radius 2 is 1.77 bits per heavy atom. The summed E-state index contributed by atoms with van der Waals surface area (Å²) in [5.74, 6) is 0.900. The van der Waals surface area contributed by atoms with Gasteiger partial charge in [0.1, 0.15) is 30.8 Å². The smallest absolute Gasteiger partial charge is 0.168 e. The molecule has 2 rings (SSSR count). The summed E-state index contributed by atoms with van der Waals surface area (Å²) in [6, 6.07) is 14.2. The van der Waals surface area contributed by atoms with Gasteiger partial charge in [0.15, 0.2) is 6.17 Å². The van der Waals surface area contributed by atoms with E-state index in [0.717, 1.165) is 12.0 Å². The van der Waals surface area contributed by atoms with Gasteiger partial charge in [-0.3, -0.25) is 0 Å². The van der Waals surface area contributed by atoms with Crippen LogP contribution in [-0.4, -0.2) is 31.6 Å². The van der Waals surface area contributed by atoms with Crippen LogP contribution in [-0.2, 0) is 11.2 Å². The summed E-state index contributed by atoms with van der Waals surface area (Å²) >= 11 is 10.1. The molecule has 0 aliphatic carbocycles. The number of ether oxygens (including phenoxy) is 3. The van der Waals surface area contributed by atoms with Crippen molar-refractivity contribution in [2.45, 2.75) is 45.6 Å². The van der Waals surface area contributed by atoms with Crippen LogP contribution in [0.25, 0.3) is 0 Å². The zero-order chi connectivity index (χ0) is 22.5. The third-order valence-electron chi connectivity index (χ3n) is 3.84. The van der Waals surface area contributed by atoms with E-state index in [1.165, 1.54) is 6.07 Å². The summed E-state index contributed by atoms with van der Waals surface area (Å²) in [6.45, 7) is 5.67. The molecule has 0 heterocycles. The van der Waals surface area contributed by atoms with E-state index in [0.29, 0.717) is 16.5 Å². The van der Waals surface area contributed by atoms with Gasteiger partial charge in [0, 0.05) is 42.3 Å². The minimum atomic E-state index is -1.34. The minimum Gasteiger partial charge on any atom is -0.490 e. The molecule has 2 atom stereocenters. The molecule has 0 aliphatic heterocycles. The summed E-state index contributed by atoms with van der Waals surface area (Å²) in [6.07, 6.45) is -0.324. The van der Waals surface area contributed by atoms with Crippen molar-refractivity contribution < 1.29 is 18.6 Å². The van der Waals surface area contributed by atoms with Crippen molar-refractivity contribution in [1.82, 2.24) is 0 Å². The molecular formula is C22H25ClFI2NO3. The van der Waals surface area contributed by atoms with Gasteiger partial charge in [-0.2, -0.15) is 5.26 Å². The van der Waals surface area contributed by atoms with Crippen molar-refractivity contribution in [3.63, 3.8) is 0 Å². The standard InChI is InChI=1S/C22H25ClFNO3.I2/c1-15(2)28-16(3)9-17-5-4-6-21(10-17)26-13-20(24)14-27-22-8-7-19(23)11-18(22)12-25;1-2/h4-8,10-11,15-16,20H,9,13-14H2,1-3H3;/t16-,20+;/m1./s1. The molecule has 0 saturated carbocycles. The second-order valence-electron chi connectivity index (χ2n) is 6.82. The maximum absolute atomic E-state index is 14.2. The van der Waals surface area contributed by atoms with E-state index in [9.17, 15) is 4.39 Å². The van der Waals surface area contributed by atoms with Gasteiger partial charge in [-0.1, -0.05) is 23.7 Å². The van der Waals surface area contributed by atoms with Crippen LogP contribution in [0.1, 0.15) is 31.9 Å². The van der Waals surface area contributed by atoms with E-state index in [1.807, 2.05) is 45.0 Å². The van der Waals surface area contributed by atoms with Gasteiger partial charge < -0.3 is 14.2 Å². The number of alkyl halides is 1. The second kappa shape index (κ2) is 15.1. The Bertz CT molecular complexity index is 817. The Kier molecular flexibility index (Phi) is 13.6. The molecule has 2 aromatic carbocycles. The van der Waals surface area contributed by atoms with E-state index >= 15 is 0 Å². The van der Waals surface area contributed by atoms with Gasteiger partial charge >= 0.3 is 0 Å². The Hall–Kier alpha value is -0.830. The molecule has 0 unspecified atom stereocenters. The fourth-order valence-electron chi connectivity index (χ4n) is 2.74. The highest BCUT2D eigenvalue weighted by Crippen LogP contribution is 2.22. The van der Waals surface area contributed by atoms with Crippen LogP contribution in [0.3, 0.4) is 0 Å². The summed E-state index contributed by atoms with van der Waals surface area (Å²) in [4.78, 5) is 0. The Labute approximate surface area is 206 Å². The Balaban J connectivity index is 0.00000218. The third-order valence-corrected chi connectivity index (χ3v) is 4.07.